The van der Waals surface area contributed by atoms with Crippen molar-refractivity contribution in [2.45, 2.75) is 43.0 Å². The number of unbranched alkanes of at least 4 members (excludes halogenated alkanes) is 1. The molecule has 0 spiro atoms. The van der Waals surface area contributed by atoms with E-state index in [1.807, 2.05) is 34.4 Å². The fourth-order valence-corrected chi connectivity index (χ4v) is 4.63. The van der Waals surface area contributed by atoms with Crippen LogP contribution in [0, 0.1) is 0 Å². The standard InChI is InChI=1S/C14H23IN4O3S/c15-7-12(21)17-6-5-16-11(20)4-2-1-3-10-13-9(8-23-10)18-14(22)19-13/h9-10,13H,1-8H2,(H,16,20)(H,17,21)(H2,18,19,22)/t9-,10?,13-/m0/s1. The third-order valence-electron chi connectivity index (χ3n) is 3.97. The van der Waals surface area contributed by atoms with Gasteiger partial charge < -0.3 is 21.3 Å². The molecule has 0 radical (unpaired) electrons. The summed E-state index contributed by atoms with van der Waals surface area (Å²) in [5, 5.41) is 11.9. The lowest BCUT2D eigenvalue weighted by atomic mass is 10.0. The van der Waals surface area contributed by atoms with Crippen LogP contribution in [-0.4, -0.2) is 58.4 Å². The molecule has 2 heterocycles. The number of halogens is 1. The van der Waals surface area contributed by atoms with Crippen molar-refractivity contribution in [1.29, 1.82) is 0 Å². The molecule has 1 unspecified atom stereocenters. The van der Waals surface area contributed by atoms with E-state index in [-0.39, 0.29) is 29.9 Å². The zero-order chi connectivity index (χ0) is 16.7. The Kier molecular flexibility index (Phi) is 7.74. The van der Waals surface area contributed by atoms with Gasteiger partial charge in [0.15, 0.2) is 0 Å². The first-order chi connectivity index (χ1) is 11.1. The minimum Gasteiger partial charge on any atom is -0.354 e. The average molecular weight is 454 g/mol. The molecule has 4 N–H and O–H groups in total. The number of nitrogens with one attached hydrogen (secondary N) is 4. The SMILES string of the molecule is O=C(CI)NCCNC(=O)CCCCC1SC[C@@H]2NC(=O)N[C@H]12. The van der Waals surface area contributed by atoms with Crippen LogP contribution in [-0.2, 0) is 9.59 Å². The summed E-state index contributed by atoms with van der Waals surface area (Å²) in [6.45, 7) is 0.948. The van der Waals surface area contributed by atoms with Gasteiger partial charge in [0.05, 0.1) is 16.5 Å². The van der Waals surface area contributed by atoms with Gasteiger partial charge in [-0.05, 0) is 12.8 Å². The summed E-state index contributed by atoms with van der Waals surface area (Å²) in [4.78, 5) is 34.0. The lowest BCUT2D eigenvalue weighted by Crippen LogP contribution is -2.36. The number of alkyl halides is 1. The molecule has 9 heteroatoms. The summed E-state index contributed by atoms with van der Waals surface area (Å²) in [7, 11) is 0. The molecule has 2 aliphatic rings. The van der Waals surface area contributed by atoms with Crippen LogP contribution in [0.2, 0.25) is 0 Å². The molecule has 3 atom stereocenters. The van der Waals surface area contributed by atoms with Gasteiger partial charge in [0.2, 0.25) is 11.8 Å². The third-order valence-corrected chi connectivity index (χ3v) is 6.17. The van der Waals surface area contributed by atoms with Crippen LogP contribution >= 0.6 is 34.4 Å². The monoisotopic (exact) mass is 454 g/mol. The maximum Gasteiger partial charge on any atom is 0.315 e. The van der Waals surface area contributed by atoms with Crippen LogP contribution in [0.3, 0.4) is 0 Å². The molecule has 2 fully saturated rings. The van der Waals surface area contributed by atoms with E-state index in [9.17, 15) is 14.4 Å². The van der Waals surface area contributed by atoms with Gasteiger partial charge in [0, 0.05) is 30.5 Å². The summed E-state index contributed by atoms with van der Waals surface area (Å²) in [6.07, 6.45) is 3.36. The molecule has 0 aromatic carbocycles. The highest BCUT2D eigenvalue weighted by Gasteiger charge is 2.42. The van der Waals surface area contributed by atoms with E-state index in [1.165, 1.54) is 0 Å². The zero-order valence-electron chi connectivity index (χ0n) is 12.9. The molecule has 2 aliphatic heterocycles. The smallest absolute Gasteiger partial charge is 0.315 e. The van der Waals surface area contributed by atoms with Crippen molar-refractivity contribution in [3.63, 3.8) is 0 Å². The minimum atomic E-state index is -0.0562. The molecule has 0 aliphatic carbocycles. The molecule has 130 valence electrons. The highest BCUT2D eigenvalue weighted by molar-refractivity contribution is 14.1. The molecular weight excluding hydrogens is 431 g/mol. The second-order valence-corrected chi connectivity index (χ2v) is 7.74. The maximum absolute atomic E-state index is 11.7. The van der Waals surface area contributed by atoms with Crippen molar-refractivity contribution in [3.05, 3.63) is 0 Å². The molecule has 0 aromatic rings. The van der Waals surface area contributed by atoms with Gasteiger partial charge in [-0.2, -0.15) is 11.8 Å². The highest BCUT2D eigenvalue weighted by Crippen LogP contribution is 2.33. The number of fused-ring (bicyclic) bond motifs is 1. The van der Waals surface area contributed by atoms with E-state index in [0.29, 0.717) is 29.2 Å². The van der Waals surface area contributed by atoms with Crippen molar-refractivity contribution < 1.29 is 14.4 Å². The largest absolute Gasteiger partial charge is 0.354 e. The quantitative estimate of drug-likeness (QED) is 0.175. The van der Waals surface area contributed by atoms with Crippen molar-refractivity contribution in [2.75, 3.05) is 23.3 Å². The summed E-state index contributed by atoms with van der Waals surface area (Å²) >= 11 is 3.90. The lowest BCUT2D eigenvalue weighted by molar-refractivity contribution is -0.122. The van der Waals surface area contributed by atoms with Crippen LogP contribution in [0.4, 0.5) is 4.79 Å². The van der Waals surface area contributed by atoms with E-state index in [0.717, 1.165) is 25.0 Å². The third kappa shape index (κ3) is 6.02. The minimum absolute atomic E-state index is 0.0132. The molecule has 2 saturated heterocycles. The number of urea groups is 1. The Labute approximate surface area is 154 Å². The van der Waals surface area contributed by atoms with Crippen molar-refractivity contribution >= 4 is 52.2 Å². The van der Waals surface area contributed by atoms with E-state index < -0.39 is 0 Å². The summed E-state index contributed by atoms with van der Waals surface area (Å²) in [5.74, 6) is 0.986. The normalized spacial score (nSPS) is 25.4. The van der Waals surface area contributed by atoms with Crippen molar-refractivity contribution in [3.8, 4) is 0 Å². The van der Waals surface area contributed by atoms with Crippen LogP contribution in [0.1, 0.15) is 25.7 Å². The van der Waals surface area contributed by atoms with Crippen LogP contribution in [0.15, 0.2) is 0 Å². The number of hydrogen-bond donors (Lipinski definition) is 4. The Hall–Kier alpha value is -0.710. The van der Waals surface area contributed by atoms with Gasteiger partial charge in [0.1, 0.15) is 0 Å². The fraction of sp³-hybridized carbons (Fsp3) is 0.786. The van der Waals surface area contributed by atoms with Crippen LogP contribution in [0.5, 0.6) is 0 Å². The molecule has 2 rings (SSSR count). The van der Waals surface area contributed by atoms with Gasteiger partial charge >= 0.3 is 6.03 Å². The summed E-state index contributed by atoms with van der Waals surface area (Å²) < 4.78 is 0.433. The van der Waals surface area contributed by atoms with Crippen molar-refractivity contribution in [1.82, 2.24) is 21.3 Å². The number of thioether (sulfide) groups is 1. The Balaban J connectivity index is 1.49. The Morgan fingerprint density at radius 1 is 1.17 bits per heavy atom. The number of carbonyl (C=O) groups is 3. The summed E-state index contributed by atoms with van der Waals surface area (Å²) in [6, 6.07) is 0.445. The summed E-state index contributed by atoms with van der Waals surface area (Å²) in [5.41, 5.74) is 0. The predicted octanol–water partition coefficient (Wildman–Crippen LogP) is 0.380. The first-order valence-electron chi connectivity index (χ1n) is 7.88. The van der Waals surface area contributed by atoms with Crippen molar-refractivity contribution in [2.24, 2.45) is 0 Å². The van der Waals surface area contributed by atoms with Gasteiger partial charge in [-0.1, -0.05) is 29.0 Å². The number of amides is 4. The molecular formula is C14H23IN4O3S. The van der Waals surface area contributed by atoms with E-state index in [2.05, 4.69) is 21.3 Å². The molecule has 7 nitrogen and oxygen atoms in total. The number of carbonyl (C=O) groups excluding carboxylic acids is 3. The number of hydrogen-bond acceptors (Lipinski definition) is 4. The Bertz CT molecular complexity index is 452. The Morgan fingerprint density at radius 3 is 2.65 bits per heavy atom. The lowest BCUT2D eigenvalue weighted by Gasteiger charge is -2.16. The predicted molar refractivity (Wildman–Crippen MR) is 98.9 cm³/mol. The second-order valence-electron chi connectivity index (χ2n) is 5.70. The molecule has 0 bridgehead atoms. The maximum atomic E-state index is 11.7. The van der Waals surface area contributed by atoms with E-state index >= 15 is 0 Å². The van der Waals surface area contributed by atoms with Gasteiger partial charge in [0.25, 0.3) is 0 Å². The molecule has 0 saturated carbocycles. The topological polar surface area (TPSA) is 99.3 Å². The second kappa shape index (κ2) is 9.55. The van der Waals surface area contributed by atoms with Crippen LogP contribution < -0.4 is 21.3 Å². The first-order valence-corrected chi connectivity index (χ1v) is 10.5. The Morgan fingerprint density at radius 2 is 1.91 bits per heavy atom. The number of rotatable bonds is 9. The average Bonchev–Trinajstić information content (AvgIpc) is 3.07. The highest BCUT2D eigenvalue weighted by atomic mass is 127. The molecule has 23 heavy (non-hydrogen) atoms. The first kappa shape index (κ1) is 18.6. The van der Waals surface area contributed by atoms with Gasteiger partial charge in [-0.25, -0.2) is 4.79 Å². The molecule has 4 amide bonds. The zero-order valence-corrected chi connectivity index (χ0v) is 15.9. The van der Waals surface area contributed by atoms with E-state index in [1.54, 1.807) is 0 Å². The molecule has 0 aromatic heterocycles. The fourth-order valence-electron chi connectivity index (χ4n) is 2.81. The van der Waals surface area contributed by atoms with E-state index in [4.69, 9.17) is 0 Å². The van der Waals surface area contributed by atoms with Gasteiger partial charge in [-0.15, -0.1) is 0 Å². The van der Waals surface area contributed by atoms with Crippen LogP contribution in [0.25, 0.3) is 0 Å². The van der Waals surface area contributed by atoms with Gasteiger partial charge in [-0.3, -0.25) is 9.59 Å².